The third kappa shape index (κ3) is 8.17. The first-order valence-electron chi connectivity index (χ1n) is 4.46. The summed E-state index contributed by atoms with van der Waals surface area (Å²) in [5.41, 5.74) is 5.23. The molecule has 0 aliphatic carbocycles. The smallest absolute Gasteiger partial charge is 0.320 e. The van der Waals surface area contributed by atoms with Gasteiger partial charge in [-0.05, 0) is 6.42 Å². The van der Waals surface area contributed by atoms with E-state index in [9.17, 15) is 9.59 Å². The van der Waals surface area contributed by atoms with Gasteiger partial charge in [-0.15, -0.1) is 11.6 Å². The molecule has 0 spiro atoms. The number of hydrogen-bond acceptors (Lipinski definition) is 4. The maximum Gasteiger partial charge on any atom is 0.320 e. The molecule has 0 heterocycles. The van der Waals surface area contributed by atoms with Crippen molar-refractivity contribution in [2.75, 3.05) is 25.6 Å². The summed E-state index contributed by atoms with van der Waals surface area (Å²) in [7, 11) is 0. The lowest BCUT2D eigenvalue weighted by Crippen LogP contribution is -2.32. The highest BCUT2D eigenvalue weighted by Gasteiger charge is 2.10. The number of hydrogen-bond donors (Lipinski definition) is 3. The average Bonchev–Trinajstić information content (AvgIpc) is 2.22. The largest absolute Gasteiger partial charge is 0.480 e. The van der Waals surface area contributed by atoms with Gasteiger partial charge in [0.15, 0.2) is 0 Å². The highest BCUT2D eigenvalue weighted by molar-refractivity contribution is 6.27. The Morgan fingerprint density at radius 3 is 2.67 bits per heavy atom. The number of ether oxygens (including phenoxy) is 1. The molecule has 0 aliphatic heterocycles. The second-order valence-corrected chi connectivity index (χ2v) is 3.10. The Morgan fingerprint density at radius 1 is 1.47 bits per heavy atom. The van der Waals surface area contributed by atoms with E-state index in [1.165, 1.54) is 0 Å². The number of halogens is 1. The van der Waals surface area contributed by atoms with Gasteiger partial charge in [0.2, 0.25) is 5.91 Å². The molecule has 0 aromatic carbocycles. The summed E-state index contributed by atoms with van der Waals surface area (Å²) >= 11 is 5.23. The Balaban J connectivity index is 3.25. The van der Waals surface area contributed by atoms with Crippen molar-refractivity contribution in [2.45, 2.75) is 12.5 Å². The number of carboxylic acids is 1. The Morgan fingerprint density at radius 2 is 2.13 bits per heavy atom. The van der Waals surface area contributed by atoms with Gasteiger partial charge in [-0.2, -0.15) is 0 Å². The van der Waals surface area contributed by atoms with Crippen LogP contribution in [0.1, 0.15) is 6.42 Å². The SMILES string of the molecule is NC(CCOCCNC(=O)CCl)C(=O)O. The number of aliphatic carboxylic acids is 1. The standard InChI is InChI=1S/C8H15ClN2O4/c9-5-7(12)11-2-4-15-3-1-6(10)8(13)14/h6H,1-5,10H2,(H,11,12)(H,13,14). The van der Waals surface area contributed by atoms with Crippen LogP contribution in [-0.4, -0.2) is 48.7 Å². The van der Waals surface area contributed by atoms with Crippen LogP contribution in [0.15, 0.2) is 0 Å². The molecule has 6 nitrogen and oxygen atoms in total. The number of carbonyl (C=O) groups excluding carboxylic acids is 1. The van der Waals surface area contributed by atoms with Crippen LogP contribution in [0.25, 0.3) is 0 Å². The van der Waals surface area contributed by atoms with E-state index in [2.05, 4.69) is 5.32 Å². The first-order chi connectivity index (χ1) is 7.07. The van der Waals surface area contributed by atoms with Crippen LogP contribution in [0.4, 0.5) is 0 Å². The molecule has 15 heavy (non-hydrogen) atoms. The maximum atomic E-state index is 10.6. The normalized spacial score (nSPS) is 12.1. The van der Waals surface area contributed by atoms with Crippen LogP contribution in [0.5, 0.6) is 0 Å². The number of amides is 1. The predicted octanol–water partition coefficient (Wildman–Crippen LogP) is -0.840. The molecule has 0 bridgehead atoms. The third-order valence-corrected chi connectivity index (χ3v) is 1.82. The van der Waals surface area contributed by atoms with E-state index in [1.807, 2.05) is 0 Å². The molecule has 0 radical (unpaired) electrons. The number of nitrogens with one attached hydrogen (secondary N) is 1. The van der Waals surface area contributed by atoms with Crippen LogP contribution < -0.4 is 11.1 Å². The van der Waals surface area contributed by atoms with Crippen LogP contribution in [0, 0.1) is 0 Å². The van der Waals surface area contributed by atoms with Crippen molar-refractivity contribution in [3.8, 4) is 0 Å². The highest BCUT2D eigenvalue weighted by atomic mass is 35.5. The second kappa shape index (κ2) is 8.46. The van der Waals surface area contributed by atoms with Gasteiger partial charge in [0.05, 0.1) is 6.61 Å². The van der Waals surface area contributed by atoms with E-state index in [0.29, 0.717) is 13.2 Å². The lowest BCUT2D eigenvalue weighted by Gasteiger charge is -2.07. The molecule has 1 unspecified atom stereocenters. The number of nitrogens with two attached hydrogens (primary N) is 1. The van der Waals surface area contributed by atoms with Gasteiger partial charge >= 0.3 is 5.97 Å². The monoisotopic (exact) mass is 238 g/mol. The van der Waals surface area contributed by atoms with Crippen LogP contribution in [0.2, 0.25) is 0 Å². The number of alkyl halides is 1. The summed E-state index contributed by atoms with van der Waals surface area (Å²) in [6, 6.07) is -0.901. The zero-order chi connectivity index (χ0) is 11.7. The fourth-order valence-electron chi connectivity index (χ4n) is 0.746. The van der Waals surface area contributed by atoms with Crippen molar-refractivity contribution < 1.29 is 19.4 Å². The lowest BCUT2D eigenvalue weighted by molar-refractivity contribution is -0.139. The van der Waals surface area contributed by atoms with Crippen molar-refractivity contribution in [3.05, 3.63) is 0 Å². The van der Waals surface area contributed by atoms with E-state index in [-0.39, 0.29) is 24.8 Å². The van der Waals surface area contributed by atoms with Crippen LogP contribution >= 0.6 is 11.6 Å². The minimum absolute atomic E-state index is 0.0795. The molecule has 0 saturated carbocycles. The van der Waals surface area contributed by atoms with Crippen LogP contribution in [0.3, 0.4) is 0 Å². The number of carbonyl (C=O) groups is 2. The molecule has 0 aliphatic rings. The zero-order valence-corrected chi connectivity index (χ0v) is 9.00. The molecule has 0 saturated heterocycles. The van der Waals surface area contributed by atoms with Gasteiger partial charge in [0, 0.05) is 13.2 Å². The predicted molar refractivity (Wildman–Crippen MR) is 54.8 cm³/mol. The van der Waals surface area contributed by atoms with E-state index < -0.39 is 12.0 Å². The minimum Gasteiger partial charge on any atom is -0.480 e. The Bertz CT molecular complexity index is 213. The van der Waals surface area contributed by atoms with Gasteiger partial charge in [-0.1, -0.05) is 0 Å². The molecule has 88 valence electrons. The van der Waals surface area contributed by atoms with Gasteiger partial charge in [-0.3, -0.25) is 9.59 Å². The van der Waals surface area contributed by atoms with Crippen molar-refractivity contribution >= 4 is 23.5 Å². The van der Waals surface area contributed by atoms with Gasteiger partial charge in [0.25, 0.3) is 0 Å². The van der Waals surface area contributed by atoms with Gasteiger partial charge in [0.1, 0.15) is 11.9 Å². The molecule has 1 amide bonds. The summed E-state index contributed by atoms with van der Waals surface area (Å²) in [6.07, 6.45) is 0.249. The summed E-state index contributed by atoms with van der Waals surface area (Å²) in [4.78, 5) is 20.9. The van der Waals surface area contributed by atoms with Gasteiger partial charge < -0.3 is 20.9 Å². The molecule has 0 fully saturated rings. The average molecular weight is 239 g/mol. The molecule has 4 N–H and O–H groups in total. The zero-order valence-electron chi connectivity index (χ0n) is 8.24. The van der Waals surface area contributed by atoms with Crippen LogP contribution in [-0.2, 0) is 14.3 Å². The van der Waals surface area contributed by atoms with E-state index in [0.717, 1.165) is 0 Å². The minimum atomic E-state index is -1.05. The van der Waals surface area contributed by atoms with Crippen molar-refractivity contribution in [1.29, 1.82) is 0 Å². The highest BCUT2D eigenvalue weighted by Crippen LogP contribution is 1.89. The van der Waals surface area contributed by atoms with E-state index in [1.54, 1.807) is 0 Å². The summed E-state index contributed by atoms with van der Waals surface area (Å²) in [6.45, 7) is 0.924. The van der Waals surface area contributed by atoms with Crippen molar-refractivity contribution in [2.24, 2.45) is 5.73 Å². The molecule has 0 aromatic rings. The molecule has 0 rings (SSSR count). The molecular weight excluding hydrogens is 224 g/mol. The first-order valence-corrected chi connectivity index (χ1v) is 5.00. The summed E-state index contributed by atoms with van der Waals surface area (Å²) in [5, 5.41) is 10.9. The Hall–Kier alpha value is -0.850. The van der Waals surface area contributed by atoms with Crippen molar-refractivity contribution in [1.82, 2.24) is 5.32 Å². The van der Waals surface area contributed by atoms with Gasteiger partial charge in [-0.25, -0.2) is 0 Å². The summed E-state index contributed by atoms with van der Waals surface area (Å²) in [5.74, 6) is -1.39. The van der Waals surface area contributed by atoms with Crippen molar-refractivity contribution in [3.63, 3.8) is 0 Å². The fraction of sp³-hybridized carbons (Fsp3) is 0.750. The first kappa shape index (κ1) is 14.2. The molecule has 1 atom stereocenters. The van der Waals surface area contributed by atoms with E-state index in [4.69, 9.17) is 27.2 Å². The Labute approximate surface area is 92.7 Å². The molecule has 7 heteroatoms. The lowest BCUT2D eigenvalue weighted by atomic mass is 10.2. The molecular formula is C8H15ClN2O4. The third-order valence-electron chi connectivity index (χ3n) is 1.58. The molecule has 0 aromatic heterocycles. The number of rotatable bonds is 8. The fourth-order valence-corrected chi connectivity index (χ4v) is 0.840. The van der Waals surface area contributed by atoms with E-state index >= 15 is 0 Å². The quantitative estimate of drug-likeness (QED) is 0.378. The topological polar surface area (TPSA) is 102 Å². The Kier molecular flexibility index (Phi) is 7.98. The second-order valence-electron chi connectivity index (χ2n) is 2.83. The summed E-state index contributed by atoms with van der Waals surface area (Å²) < 4.78 is 5.05. The number of carboxylic acid groups (broad SMARTS) is 1. The maximum absolute atomic E-state index is 10.6.